The molecule has 0 radical (unpaired) electrons. The zero-order chi connectivity index (χ0) is 15.4. The average molecular weight is 291 g/mol. The highest BCUT2D eigenvalue weighted by Crippen LogP contribution is 2.23. The number of rotatable bonds is 5. The molecular formula is C17H19F2NO. The minimum absolute atomic E-state index is 0.0439. The predicted molar refractivity (Wildman–Crippen MR) is 78.9 cm³/mol. The van der Waals surface area contributed by atoms with Crippen LogP contribution in [-0.2, 0) is 6.54 Å². The van der Waals surface area contributed by atoms with Gasteiger partial charge in [-0.25, -0.2) is 8.78 Å². The molecule has 2 aromatic carbocycles. The molecule has 112 valence electrons. The van der Waals surface area contributed by atoms with Crippen molar-refractivity contribution in [1.29, 1.82) is 0 Å². The predicted octanol–water partition coefficient (Wildman–Crippen LogP) is 4.16. The summed E-state index contributed by atoms with van der Waals surface area (Å²) in [5.74, 6) is -0.936. The first-order chi connectivity index (χ1) is 9.97. The maximum atomic E-state index is 13.3. The van der Waals surface area contributed by atoms with Crippen molar-refractivity contribution < 1.29 is 13.9 Å². The molecule has 0 saturated heterocycles. The van der Waals surface area contributed by atoms with E-state index in [-0.39, 0.29) is 17.6 Å². The number of hydrogen-bond donors (Lipinski definition) is 2. The van der Waals surface area contributed by atoms with E-state index in [0.29, 0.717) is 12.5 Å². The Kier molecular flexibility index (Phi) is 4.91. The lowest BCUT2D eigenvalue weighted by Gasteiger charge is -2.23. The van der Waals surface area contributed by atoms with E-state index in [1.165, 1.54) is 24.3 Å². The summed E-state index contributed by atoms with van der Waals surface area (Å²) >= 11 is 0. The number of hydrogen-bond acceptors (Lipinski definition) is 2. The van der Waals surface area contributed by atoms with E-state index in [9.17, 15) is 13.9 Å². The van der Waals surface area contributed by atoms with Gasteiger partial charge in [-0.2, -0.15) is 0 Å². The molecule has 0 aliphatic rings. The maximum absolute atomic E-state index is 13.3. The van der Waals surface area contributed by atoms with Gasteiger partial charge >= 0.3 is 0 Å². The van der Waals surface area contributed by atoms with Crippen LogP contribution in [0.5, 0.6) is 5.75 Å². The molecule has 21 heavy (non-hydrogen) atoms. The molecular weight excluding hydrogens is 272 g/mol. The Bertz CT molecular complexity index is 596. The summed E-state index contributed by atoms with van der Waals surface area (Å²) in [4.78, 5) is 0. The Hall–Kier alpha value is -1.94. The average Bonchev–Trinajstić information content (AvgIpc) is 2.44. The van der Waals surface area contributed by atoms with E-state index in [2.05, 4.69) is 19.2 Å². The molecule has 2 aromatic rings. The summed E-state index contributed by atoms with van der Waals surface area (Å²) < 4.78 is 26.3. The quantitative estimate of drug-likeness (QED) is 0.867. The van der Waals surface area contributed by atoms with Crippen molar-refractivity contribution in [2.24, 2.45) is 5.92 Å². The first kappa shape index (κ1) is 15.4. The van der Waals surface area contributed by atoms with Gasteiger partial charge in [0.2, 0.25) is 0 Å². The Morgan fingerprint density at radius 1 is 1.05 bits per heavy atom. The first-order valence-corrected chi connectivity index (χ1v) is 6.93. The number of halogens is 2. The normalized spacial score (nSPS) is 12.6. The fraction of sp³-hybridized carbons (Fsp3) is 0.294. The summed E-state index contributed by atoms with van der Waals surface area (Å²) in [6, 6.07) is 10.8. The van der Waals surface area contributed by atoms with Crippen molar-refractivity contribution in [3.63, 3.8) is 0 Å². The topological polar surface area (TPSA) is 32.3 Å². The van der Waals surface area contributed by atoms with Crippen molar-refractivity contribution in [3.05, 3.63) is 65.2 Å². The smallest absolute Gasteiger partial charge is 0.165 e. The third-order valence-corrected chi connectivity index (χ3v) is 3.43. The second-order valence-electron chi connectivity index (χ2n) is 5.44. The van der Waals surface area contributed by atoms with E-state index in [1.54, 1.807) is 18.2 Å². The molecule has 0 aliphatic heterocycles. The standard InChI is InChI=1S/C17H19F2NO/c1-11(2)17(13-4-6-14(18)7-5-13)20-10-12-3-8-16(21)15(19)9-12/h3-9,11,17,20-21H,10H2,1-2H3. The van der Waals surface area contributed by atoms with Crippen LogP contribution in [0, 0.1) is 17.6 Å². The van der Waals surface area contributed by atoms with Crippen LogP contribution in [0.25, 0.3) is 0 Å². The Balaban J connectivity index is 2.09. The van der Waals surface area contributed by atoms with Crippen LogP contribution in [0.2, 0.25) is 0 Å². The summed E-state index contributed by atoms with van der Waals surface area (Å²) in [6.07, 6.45) is 0. The van der Waals surface area contributed by atoms with Gasteiger partial charge in [-0.15, -0.1) is 0 Å². The molecule has 4 heteroatoms. The lowest BCUT2D eigenvalue weighted by atomic mass is 9.95. The minimum Gasteiger partial charge on any atom is -0.505 e. The van der Waals surface area contributed by atoms with Crippen molar-refractivity contribution in [2.75, 3.05) is 0 Å². The first-order valence-electron chi connectivity index (χ1n) is 6.93. The monoisotopic (exact) mass is 291 g/mol. The highest BCUT2D eigenvalue weighted by atomic mass is 19.1. The molecule has 0 aliphatic carbocycles. The molecule has 0 spiro atoms. The summed E-state index contributed by atoms with van der Waals surface area (Å²) in [5, 5.41) is 12.5. The van der Waals surface area contributed by atoms with Gasteiger partial charge in [-0.3, -0.25) is 0 Å². The van der Waals surface area contributed by atoms with Gasteiger partial charge < -0.3 is 10.4 Å². The summed E-state index contributed by atoms with van der Waals surface area (Å²) in [6.45, 7) is 4.61. The molecule has 1 unspecified atom stereocenters. The van der Waals surface area contributed by atoms with Crippen molar-refractivity contribution in [1.82, 2.24) is 5.32 Å². The molecule has 0 saturated carbocycles. The Morgan fingerprint density at radius 2 is 1.71 bits per heavy atom. The second-order valence-corrected chi connectivity index (χ2v) is 5.44. The number of phenolic OH excluding ortho intramolecular Hbond substituents is 1. The lowest BCUT2D eigenvalue weighted by molar-refractivity contribution is 0.407. The largest absolute Gasteiger partial charge is 0.505 e. The molecule has 2 rings (SSSR count). The van der Waals surface area contributed by atoms with Gasteiger partial charge in [0.15, 0.2) is 11.6 Å². The maximum Gasteiger partial charge on any atom is 0.165 e. The molecule has 0 heterocycles. The minimum atomic E-state index is -0.628. The number of phenols is 1. The third kappa shape index (κ3) is 4.02. The SMILES string of the molecule is CC(C)C(NCc1ccc(O)c(F)c1)c1ccc(F)cc1. The second kappa shape index (κ2) is 6.68. The molecule has 1 atom stereocenters. The number of nitrogens with one attached hydrogen (secondary N) is 1. The fourth-order valence-electron chi connectivity index (χ4n) is 2.30. The van der Waals surface area contributed by atoms with E-state index >= 15 is 0 Å². The van der Waals surface area contributed by atoms with Gasteiger partial charge in [0.1, 0.15) is 5.82 Å². The summed E-state index contributed by atoms with van der Waals surface area (Å²) in [7, 11) is 0. The van der Waals surface area contributed by atoms with Crippen LogP contribution < -0.4 is 5.32 Å². The van der Waals surface area contributed by atoms with Crippen LogP contribution in [-0.4, -0.2) is 5.11 Å². The van der Waals surface area contributed by atoms with Crippen molar-refractivity contribution in [3.8, 4) is 5.75 Å². The number of aromatic hydroxyl groups is 1. The fourth-order valence-corrected chi connectivity index (χ4v) is 2.30. The van der Waals surface area contributed by atoms with Crippen LogP contribution in [0.4, 0.5) is 8.78 Å². The van der Waals surface area contributed by atoms with Crippen LogP contribution >= 0.6 is 0 Å². The Morgan fingerprint density at radius 3 is 2.29 bits per heavy atom. The zero-order valence-electron chi connectivity index (χ0n) is 12.1. The zero-order valence-corrected chi connectivity index (χ0v) is 12.1. The van der Waals surface area contributed by atoms with Gasteiger partial charge in [0, 0.05) is 12.6 Å². The molecule has 0 aromatic heterocycles. The highest BCUT2D eigenvalue weighted by Gasteiger charge is 2.15. The van der Waals surface area contributed by atoms with Crippen molar-refractivity contribution in [2.45, 2.75) is 26.4 Å². The van der Waals surface area contributed by atoms with Crippen LogP contribution in [0.15, 0.2) is 42.5 Å². The molecule has 0 bridgehead atoms. The molecule has 0 amide bonds. The molecule has 2 nitrogen and oxygen atoms in total. The van der Waals surface area contributed by atoms with E-state index < -0.39 is 5.82 Å². The van der Waals surface area contributed by atoms with E-state index in [1.807, 2.05) is 0 Å². The number of benzene rings is 2. The van der Waals surface area contributed by atoms with Gasteiger partial charge in [0.25, 0.3) is 0 Å². The molecule has 0 fully saturated rings. The lowest BCUT2D eigenvalue weighted by Crippen LogP contribution is -2.25. The van der Waals surface area contributed by atoms with E-state index in [4.69, 9.17) is 0 Å². The third-order valence-electron chi connectivity index (χ3n) is 3.43. The Labute approximate surface area is 123 Å². The van der Waals surface area contributed by atoms with Gasteiger partial charge in [0.05, 0.1) is 0 Å². The van der Waals surface area contributed by atoms with Crippen molar-refractivity contribution >= 4 is 0 Å². The van der Waals surface area contributed by atoms with Gasteiger partial charge in [-0.05, 0) is 41.3 Å². The molecule has 2 N–H and O–H groups in total. The van der Waals surface area contributed by atoms with Crippen LogP contribution in [0.3, 0.4) is 0 Å². The van der Waals surface area contributed by atoms with E-state index in [0.717, 1.165) is 11.1 Å². The van der Waals surface area contributed by atoms with Crippen LogP contribution in [0.1, 0.15) is 31.0 Å². The highest BCUT2D eigenvalue weighted by molar-refractivity contribution is 5.28. The van der Waals surface area contributed by atoms with Gasteiger partial charge in [-0.1, -0.05) is 32.0 Å². The summed E-state index contributed by atoms with van der Waals surface area (Å²) in [5.41, 5.74) is 1.74.